The Morgan fingerprint density at radius 2 is 1.73 bits per heavy atom. The van der Waals surface area contributed by atoms with Gasteiger partial charge in [-0.05, 0) is 12.1 Å². The van der Waals surface area contributed by atoms with Crippen molar-refractivity contribution >= 4 is 11.8 Å². The first-order valence-electron chi connectivity index (χ1n) is 7.89. The third-order valence-corrected chi connectivity index (χ3v) is 4.16. The van der Waals surface area contributed by atoms with Crippen molar-refractivity contribution in [3.8, 4) is 0 Å². The molecule has 2 rings (SSSR count). The number of amides is 2. The second-order valence-corrected chi connectivity index (χ2v) is 5.68. The Bertz CT molecular complexity index is 496. The number of rotatable bonds is 5. The lowest BCUT2D eigenvalue weighted by atomic mass is 10.2. The van der Waals surface area contributed by atoms with E-state index >= 15 is 0 Å². The van der Waals surface area contributed by atoms with Gasteiger partial charge in [-0.1, -0.05) is 37.3 Å². The summed E-state index contributed by atoms with van der Waals surface area (Å²) >= 11 is 0. The van der Waals surface area contributed by atoms with Crippen LogP contribution in [-0.4, -0.2) is 65.8 Å². The summed E-state index contributed by atoms with van der Waals surface area (Å²) in [6, 6.07) is 9.78. The number of carbonyl (C=O) groups excluding carboxylic acids is 2. The Morgan fingerprint density at radius 1 is 1.09 bits per heavy atom. The van der Waals surface area contributed by atoms with E-state index in [2.05, 4.69) is 11.8 Å². The van der Waals surface area contributed by atoms with Crippen LogP contribution in [0.15, 0.2) is 30.3 Å². The van der Waals surface area contributed by atoms with Crippen molar-refractivity contribution in [1.29, 1.82) is 0 Å². The summed E-state index contributed by atoms with van der Waals surface area (Å²) in [6.45, 7) is 8.67. The van der Waals surface area contributed by atoms with Crippen LogP contribution < -0.4 is 0 Å². The van der Waals surface area contributed by atoms with Crippen LogP contribution in [0.3, 0.4) is 0 Å². The Balaban J connectivity index is 1.91. The maximum atomic E-state index is 12.4. The maximum absolute atomic E-state index is 12.4. The van der Waals surface area contributed by atoms with Crippen molar-refractivity contribution < 1.29 is 9.59 Å². The lowest BCUT2D eigenvalue weighted by Crippen LogP contribution is -2.51. The van der Waals surface area contributed by atoms with Gasteiger partial charge in [0.25, 0.3) is 0 Å². The summed E-state index contributed by atoms with van der Waals surface area (Å²) < 4.78 is 0. The molecule has 2 amide bonds. The Hall–Kier alpha value is -1.88. The molecule has 1 heterocycles. The Morgan fingerprint density at radius 3 is 2.27 bits per heavy atom. The van der Waals surface area contributed by atoms with Crippen molar-refractivity contribution in [2.24, 2.45) is 0 Å². The molecule has 0 aliphatic carbocycles. The average Bonchev–Trinajstić information content (AvgIpc) is 2.55. The molecule has 120 valence electrons. The van der Waals surface area contributed by atoms with Crippen LogP contribution in [0.1, 0.15) is 19.4 Å². The monoisotopic (exact) mass is 303 g/mol. The van der Waals surface area contributed by atoms with Crippen molar-refractivity contribution in [3.05, 3.63) is 35.9 Å². The first-order chi connectivity index (χ1) is 10.6. The molecule has 1 fully saturated rings. The number of likely N-dealkylation sites (N-methyl/N-ethyl adjacent to an activating group) is 1. The molecule has 0 unspecified atom stereocenters. The molecule has 1 aliphatic rings. The first-order valence-corrected chi connectivity index (χ1v) is 7.89. The van der Waals surface area contributed by atoms with Crippen molar-refractivity contribution in [2.75, 3.05) is 39.3 Å². The lowest BCUT2D eigenvalue weighted by molar-refractivity contribution is -0.140. The van der Waals surface area contributed by atoms with Gasteiger partial charge in [0.15, 0.2) is 0 Å². The van der Waals surface area contributed by atoms with Gasteiger partial charge in [-0.2, -0.15) is 0 Å². The van der Waals surface area contributed by atoms with Crippen LogP contribution in [0, 0.1) is 0 Å². The predicted octanol–water partition coefficient (Wildman–Crippen LogP) is 1.20. The van der Waals surface area contributed by atoms with Gasteiger partial charge in [-0.15, -0.1) is 0 Å². The van der Waals surface area contributed by atoms with E-state index in [0.717, 1.165) is 38.3 Å². The molecule has 0 aromatic heterocycles. The van der Waals surface area contributed by atoms with Crippen LogP contribution in [0.5, 0.6) is 0 Å². The molecular formula is C17H25N3O2. The average molecular weight is 303 g/mol. The quantitative estimate of drug-likeness (QED) is 0.821. The van der Waals surface area contributed by atoms with Crippen molar-refractivity contribution in [3.63, 3.8) is 0 Å². The second kappa shape index (κ2) is 7.94. The summed E-state index contributed by atoms with van der Waals surface area (Å²) in [5.41, 5.74) is 1.04. The van der Waals surface area contributed by atoms with E-state index in [9.17, 15) is 9.59 Å². The number of nitrogens with zero attached hydrogens (tertiary/aromatic N) is 3. The van der Waals surface area contributed by atoms with Crippen molar-refractivity contribution in [1.82, 2.24) is 14.7 Å². The van der Waals surface area contributed by atoms with Gasteiger partial charge in [0, 0.05) is 39.6 Å². The van der Waals surface area contributed by atoms with Crippen LogP contribution in [0.4, 0.5) is 0 Å². The van der Waals surface area contributed by atoms with E-state index < -0.39 is 0 Å². The molecule has 0 radical (unpaired) electrons. The molecule has 5 heteroatoms. The lowest BCUT2D eigenvalue weighted by Gasteiger charge is -2.35. The fourth-order valence-corrected chi connectivity index (χ4v) is 2.66. The molecule has 22 heavy (non-hydrogen) atoms. The second-order valence-electron chi connectivity index (χ2n) is 5.68. The summed E-state index contributed by atoms with van der Waals surface area (Å²) in [4.78, 5) is 30.0. The Labute approximate surface area is 132 Å². The molecule has 1 aromatic rings. The fourth-order valence-electron chi connectivity index (χ4n) is 2.66. The van der Waals surface area contributed by atoms with Gasteiger partial charge in [-0.3, -0.25) is 9.59 Å². The van der Waals surface area contributed by atoms with Crippen LogP contribution >= 0.6 is 0 Å². The van der Waals surface area contributed by atoms with Crippen molar-refractivity contribution in [2.45, 2.75) is 20.4 Å². The highest BCUT2D eigenvalue weighted by Gasteiger charge is 2.23. The summed E-state index contributed by atoms with van der Waals surface area (Å²) in [5, 5.41) is 0. The van der Waals surface area contributed by atoms with E-state index in [1.165, 1.54) is 6.92 Å². The van der Waals surface area contributed by atoms with Gasteiger partial charge in [0.05, 0.1) is 0 Å². The minimum Gasteiger partial charge on any atom is -0.339 e. The van der Waals surface area contributed by atoms with Gasteiger partial charge in [-0.25, -0.2) is 0 Å². The van der Waals surface area contributed by atoms with E-state index in [4.69, 9.17) is 0 Å². The van der Waals surface area contributed by atoms with Crippen LogP contribution in [-0.2, 0) is 16.1 Å². The minimum absolute atomic E-state index is 0.0434. The molecule has 1 aromatic carbocycles. The zero-order valence-electron chi connectivity index (χ0n) is 13.5. The summed E-state index contributed by atoms with van der Waals surface area (Å²) in [5.74, 6) is -0.0220. The molecular weight excluding hydrogens is 278 g/mol. The van der Waals surface area contributed by atoms with Gasteiger partial charge in [0.1, 0.15) is 6.54 Å². The van der Waals surface area contributed by atoms with Crippen LogP contribution in [0.25, 0.3) is 0 Å². The third kappa shape index (κ3) is 4.56. The molecule has 0 saturated carbocycles. The fraction of sp³-hybridized carbons (Fsp3) is 0.529. The Kier molecular flexibility index (Phi) is 5.95. The third-order valence-electron chi connectivity index (χ3n) is 4.16. The molecule has 5 nitrogen and oxygen atoms in total. The smallest absolute Gasteiger partial charge is 0.242 e. The van der Waals surface area contributed by atoms with E-state index in [1.54, 1.807) is 4.90 Å². The standard InChI is InChI=1S/C17H25N3O2/c1-3-18-9-11-19(12-10-18)17(22)14-20(15(2)21)13-16-7-5-4-6-8-16/h4-8H,3,9-14H2,1-2H3. The van der Waals surface area contributed by atoms with E-state index in [0.29, 0.717) is 6.54 Å². The number of hydrogen-bond donors (Lipinski definition) is 0. The normalized spacial score (nSPS) is 15.6. The minimum atomic E-state index is -0.0654. The molecule has 0 N–H and O–H groups in total. The molecule has 1 aliphatic heterocycles. The summed E-state index contributed by atoms with van der Waals surface area (Å²) in [6.07, 6.45) is 0. The number of hydrogen-bond acceptors (Lipinski definition) is 3. The number of benzene rings is 1. The first kappa shape index (κ1) is 16.5. The van der Waals surface area contributed by atoms with E-state index in [1.807, 2.05) is 35.2 Å². The molecule has 1 saturated heterocycles. The topological polar surface area (TPSA) is 43.9 Å². The largest absolute Gasteiger partial charge is 0.339 e. The predicted molar refractivity (Wildman–Crippen MR) is 86.2 cm³/mol. The number of piperazine rings is 1. The molecule has 0 spiro atoms. The highest BCUT2D eigenvalue weighted by Crippen LogP contribution is 2.07. The zero-order chi connectivity index (χ0) is 15.9. The highest BCUT2D eigenvalue weighted by atomic mass is 16.2. The molecule has 0 bridgehead atoms. The zero-order valence-corrected chi connectivity index (χ0v) is 13.5. The maximum Gasteiger partial charge on any atom is 0.242 e. The van der Waals surface area contributed by atoms with Gasteiger partial charge in [0.2, 0.25) is 11.8 Å². The number of carbonyl (C=O) groups is 2. The highest BCUT2D eigenvalue weighted by molar-refractivity contribution is 5.83. The SMILES string of the molecule is CCN1CCN(C(=O)CN(Cc2ccccc2)C(C)=O)CC1. The van der Waals surface area contributed by atoms with Gasteiger partial charge < -0.3 is 14.7 Å². The summed E-state index contributed by atoms with van der Waals surface area (Å²) in [7, 11) is 0. The van der Waals surface area contributed by atoms with Gasteiger partial charge >= 0.3 is 0 Å². The van der Waals surface area contributed by atoms with Crippen LogP contribution in [0.2, 0.25) is 0 Å². The molecule has 0 atom stereocenters. The van der Waals surface area contributed by atoms with E-state index in [-0.39, 0.29) is 18.4 Å².